The lowest BCUT2D eigenvalue weighted by atomic mass is 9.84. The van der Waals surface area contributed by atoms with E-state index < -0.39 is 0 Å². The lowest BCUT2D eigenvalue weighted by Gasteiger charge is -2.38. The van der Waals surface area contributed by atoms with Gasteiger partial charge in [0.05, 0.1) is 13.2 Å². The normalized spacial score (nSPS) is 33.2. The average molecular weight is 266 g/mol. The van der Waals surface area contributed by atoms with E-state index in [1.807, 2.05) is 6.08 Å². The standard InChI is InChI=1S/C16H30N2O/c1-2-10-19-13-14-6-5-9-18(11-14)12-15-7-3-4-8-16(15)17/h2,14-16H,1,3-13,17H2/t14-,15?,16?/m0/s1. The first-order valence-corrected chi connectivity index (χ1v) is 7.96. The van der Waals surface area contributed by atoms with Gasteiger partial charge in [-0.1, -0.05) is 18.9 Å². The van der Waals surface area contributed by atoms with Crippen molar-refractivity contribution in [3.8, 4) is 0 Å². The molecule has 0 amide bonds. The summed E-state index contributed by atoms with van der Waals surface area (Å²) in [7, 11) is 0. The summed E-state index contributed by atoms with van der Waals surface area (Å²) in [6.45, 7) is 8.92. The minimum Gasteiger partial charge on any atom is -0.377 e. The minimum atomic E-state index is 0.436. The SMILES string of the molecule is C=CCOC[C@H]1CCCN(CC2CCCCC2N)C1. The number of hydrogen-bond donors (Lipinski definition) is 1. The van der Waals surface area contributed by atoms with Crippen LogP contribution in [0.15, 0.2) is 12.7 Å². The monoisotopic (exact) mass is 266 g/mol. The molecule has 0 spiro atoms. The van der Waals surface area contributed by atoms with E-state index in [2.05, 4.69) is 11.5 Å². The molecule has 1 aliphatic carbocycles. The molecular weight excluding hydrogens is 236 g/mol. The molecule has 0 radical (unpaired) electrons. The zero-order valence-corrected chi connectivity index (χ0v) is 12.2. The van der Waals surface area contributed by atoms with Crippen LogP contribution in [-0.4, -0.2) is 43.8 Å². The highest BCUT2D eigenvalue weighted by atomic mass is 16.5. The highest BCUT2D eigenvalue weighted by Gasteiger charge is 2.27. The van der Waals surface area contributed by atoms with E-state index in [0.717, 1.165) is 12.5 Å². The van der Waals surface area contributed by atoms with Crippen molar-refractivity contribution in [1.29, 1.82) is 0 Å². The van der Waals surface area contributed by atoms with Crippen LogP contribution in [0.5, 0.6) is 0 Å². The molecule has 2 N–H and O–H groups in total. The molecule has 2 fully saturated rings. The van der Waals surface area contributed by atoms with Gasteiger partial charge < -0.3 is 15.4 Å². The van der Waals surface area contributed by atoms with Crippen molar-refractivity contribution < 1.29 is 4.74 Å². The third-order valence-corrected chi connectivity index (χ3v) is 4.65. The number of nitrogens with two attached hydrogens (primary N) is 1. The first kappa shape index (κ1) is 15.0. The third kappa shape index (κ3) is 4.90. The van der Waals surface area contributed by atoms with Crippen LogP contribution in [0.1, 0.15) is 38.5 Å². The lowest BCUT2D eigenvalue weighted by Crippen LogP contribution is -2.45. The zero-order chi connectivity index (χ0) is 13.5. The van der Waals surface area contributed by atoms with Crippen molar-refractivity contribution in [3.63, 3.8) is 0 Å². The second kappa shape index (κ2) is 8.03. The number of likely N-dealkylation sites (tertiary alicyclic amines) is 1. The van der Waals surface area contributed by atoms with Gasteiger partial charge >= 0.3 is 0 Å². The van der Waals surface area contributed by atoms with Gasteiger partial charge in [-0.15, -0.1) is 6.58 Å². The summed E-state index contributed by atoms with van der Waals surface area (Å²) >= 11 is 0. The van der Waals surface area contributed by atoms with Gasteiger partial charge in [0.2, 0.25) is 0 Å². The van der Waals surface area contributed by atoms with Gasteiger partial charge in [0, 0.05) is 19.1 Å². The Morgan fingerprint density at radius 3 is 2.84 bits per heavy atom. The average Bonchev–Trinajstić information content (AvgIpc) is 2.42. The van der Waals surface area contributed by atoms with E-state index in [-0.39, 0.29) is 0 Å². The Labute approximate surface area is 118 Å². The molecule has 2 unspecified atom stereocenters. The van der Waals surface area contributed by atoms with Crippen LogP contribution in [0.2, 0.25) is 0 Å². The van der Waals surface area contributed by atoms with Crippen molar-refractivity contribution >= 4 is 0 Å². The van der Waals surface area contributed by atoms with E-state index in [1.54, 1.807) is 0 Å². The predicted molar refractivity (Wildman–Crippen MR) is 80.1 cm³/mol. The highest BCUT2D eigenvalue weighted by molar-refractivity contribution is 4.83. The summed E-state index contributed by atoms with van der Waals surface area (Å²) < 4.78 is 5.61. The van der Waals surface area contributed by atoms with Crippen LogP contribution in [0.25, 0.3) is 0 Å². The maximum Gasteiger partial charge on any atom is 0.0644 e. The number of rotatable bonds is 6. The minimum absolute atomic E-state index is 0.436. The molecule has 1 saturated heterocycles. The van der Waals surface area contributed by atoms with Gasteiger partial charge in [-0.05, 0) is 44.1 Å². The Morgan fingerprint density at radius 2 is 2.05 bits per heavy atom. The fraction of sp³-hybridized carbons (Fsp3) is 0.875. The van der Waals surface area contributed by atoms with Crippen molar-refractivity contribution in [1.82, 2.24) is 4.90 Å². The molecule has 1 heterocycles. The summed E-state index contributed by atoms with van der Waals surface area (Å²) in [6, 6.07) is 0.436. The quantitative estimate of drug-likeness (QED) is 0.593. The number of hydrogen-bond acceptors (Lipinski definition) is 3. The van der Waals surface area contributed by atoms with E-state index in [9.17, 15) is 0 Å². The first-order valence-electron chi connectivity index (χ1n) is 7.96. The van der Waals surface area contributed by atoms with Crippen molar-refractivity contribution in [2.24, 2.45) is 17.6 Å². The Morgan fingerprint density at radius 1 is 1.21 bits per heavy atom. The third-order valence-electron chi connectivity index (χ3n) is 4.65. The second-order valence-electron chi connectivity index (χ2n) is 6.30. The molecule has 1 saturated carbocycles. The smallest absolute Gasteiger partial charge is 0.0644 e. The van der Waals surface area contributed by atoms with Crippen molar-refractivity contribution in [2.75, 3.05) is 32.8 Å². The van der Waals surface area contributed by atoms with Crippen molar-refractivity contribution in [2.45, 2.75) is 44.6 Å². The van der Waals surface area contributed by atoms with Gasteiger partial charge in [-0.2, -0.15) is 0 Å². The molecular formula is C16H30N2O. The number of piperidine rings is 1. The zero-order valence-electron chi connectivity index (χ0n) is 12.2. The molecule has 0 bridgehead atoms. The lowest BCUT2D eigenvalue weighted by molar-refractivity contribution is 0.0633. The maximum absolute atomic E-state index is 6.27. The molecule has 3 atom stereocenters. The Bertz CT molecular complexity index is 269. The number of nitrogens with zero attached hydrogens (tertiary/aromatic N) is 1. The Kier molecular flexibility index (Phi) is 6.35. The molecule has 1 aliphatic heterocycles. The van der Waals surface area contributed by atoms with Crippen LogP contribution in [-0.2, 0) is 4.74 Å². The van der Waals surface area contributed by atoms with E-state index >= 15 is 0 Å². The molecule has 3 nitrogen and oxygen atoms in total. The maximum atomic E-state index is 6.27. The summed E-state index contributed by atoms with van der Waals surface area (Å²) in [5, 5.41) is 0. The number of ether oxygens (including phenoxy) is 1. The highest BCUT2D eigenvalue weighted by Crippen LogP contribution is 2.26. The fourth-order valence-corrected chi connectivity index (χ4v) is 3.57. The van der Waals surface area contributed by atoms with Crippen LogP contribution in [0.3, 0.4) is 0 Å². The van der Waals surface area contributed by atoms with E-state index in [0.29, 0.717) is 18.6 Å². The van der Waals surface area contributed by atoms with E-state index in [1.165, 1.54) is 58.2 Å². The molecule has 2 rings (SSSR count). The predicted octanol–water partition coefficient (Wildman–Crippen LogP) is 2.42. The van der Waals surface area contributed by atoms with Crippen LogP contribution >= 0.6 is 0 Å². The molecule has 19 heavy (non-hydrogen) atoms. The molecule has 3 heteroatoms. The first-order chi connectivity index (χ1) is 9.29. The molecule has 0 aromatic carbocycles. The van der Waals surface area contributed by atoms with Crippen molar-refractivity contribution in [3.05, 3.63) is 12.7 Å². The summed E-state index contributed by atoms with van der Waals surface area (Å²) in [4.78, 5) is 2.63. The topological polar surface area (TPSA) is 38.5 Å². The second-order valence-corrected chi connectivity index (χ2v) is 6.30. The fourth-order valence-electron chi connectivity index (χ4n) is 3.57. The Balaban J connectivity index is 1.72. The summed E-state index contributed by atoms with van der Waals surface area (Å²) in [6.07, 6.45) is 9.71. The molecule has 0 aromatic rings. The van der Waals surface area contributed by atoms with Crippen LogP contribution in [0.4, 0.5) is 0 Å². The largest absolute Gasteiger partial charge is 0.377 e. The van der Waals surface area contributed by atoms with E-state index in [4.69, 9.17) is 10.5 Å². The summed E-state index contributed by atoms with van der Waals surface area (Å²) in [5.74, 6) is 1.43. The van der Waals surface area contributed by atoms with Gasteiger partial charge in [0.25, 0.3) is 0 Å². The van der Waals surface area contributed by atoms with Gasteiger partial charge in [-0.25, -0.2) is 0 Å². The van der Waals surface area contributed by atoms with Gasteiger partial charge in [-0.3, -0.25) is 0 Å². The molecule has 0 aromatic heterocycles. The van der Waals surface area contributed by atoms with Gasteiger partial charge in [0.15, 0.2) is 0 Å². The summed E-state index contributed by atoms with van der Waals surface area (Å²) in [5.41, 5.74) is 6.27. The molecule has 110 valence electrons. The van der Waals surface area contributed by atoms with Gasteiger partial charge in [0.1, 0.15) is 0 Å². The van der Waals surface area contributed by atoms with Crippen LogP contribution < -0.4 is 5.73 Å². The van der Waals surface area contributed by atoms with Crippen LogP contribution in [0, 0.1) is 11.8 Å². The Hall–Kier alpha value is -0.380. The molecule has 2 aliphatic rings.